The highest BCUT2D eigenvalue weighted by atomic mass is 32.2. The molecule has 0 rings (SSSR count). The van der Waals surface area contributed by atoms with Gasteiger partial charge in [0.15, 0.2) is 5.78 Å². The minimum Gasteiger partial charge on any atom is -0.481 e. The molecular weight excluding hydrogens is 254 g/mol. The number of rotatable bonds is 8. The molecule has 1 amide bonds. The molecule has 0 radical (unpaired) electrons. The SMILES string of the molecule is CC(=O)C(NC(=O)CSC(C)CC(=O)O)C(C)C. The summed E-state index contributed by atoms with van der Waals surface area (Å²) in [5, 5.41) is 11.1. The molecule has 2 atom stereocenters. The number of ketones is 1. The lowest BCUT2D eigenvalue weighted by molar-refractivity contribution is -0.136. The maximum absolute atomic E-state index is 11.6. The Morgan fingerprint density at radius 3 is 2.17 bits per heavy atom. The van der Waals surface area contributed by atoms with E-state index in [9.17, 15) is 14.4 Å². The molecule has 0 aromatic heterocycles. The lowest BCUT2D eigenvalue weighted by Gasteiger charge is -2.19. The number of nitrogens with one attached hydrogen (secondary N) is 1. The van der Waals surface area contributed by atoms with Gasteiger partial charge in [0.2, 0.25) is 5.91 Å². The molecule has 0 aromatic rings. The van der Waals surface area contributed by atoms with Crippen molar-refractivity contribution in [2.75, 3.05) is 5.75 Å². The first-order valence-corrected chi connectivity index (χ1v) is 6.92. The monoisotopic (exact) mass is 275 g/mol. The van der Waals surface area contributed by atoms with Gasteiger partial charge in [-0.15, -0.1) is 11.8 Å². The third kappa shape index (κ3) is 7.32. The van der Waals surface area contributed by atoms with Crippen molar-refractivity contribution in [2.45, 2.75) is 45.4 Å². The van der Waals surface area contributed by atoms with Crippen LogP contribution in [0.1, 0.15) is 34.1 Å². The minimum atomic E-state index is -0.876. The van der Waals surface area contributed by atoms with Crippen LogP contribution < -0.4 is 5.32 Å². The van der Waals surface area contributed by atoms with Crippen LogP contribution in [0.25, 0.3) is 0 Å². The normalized spacial score (nSPS) is 14.1. The van der Waals surface area contributed by atoms with Crippen LogP contribution in [0.2, 0.25) is 0 Å². The first-order chi connectivity index (χ1) is 8.23. The summed E-state index contributed by atoms with van der Waals surface area (Å²) in [5.41, 5.74) is 0. The Morgan fingerprint density at radius 1 is 1.22 bits per heavy atom. The van der Waals surface area contributed by atoms with Gasteiger partial charge in [-0.1, -0.05) is 20.8 Å². The largest absolute Gasteiger partial charge is 0.481 e. The van der Waals surface area contributed by atoms with Crippen LogP contribution in [0.15, 0.2) is 0 Å². The second-order valence-corrected chi connectivity index (χ2v) is 6.05. The summed E-state index contributed by atoms with van der Waals surface area (Å²) in [6.07, 6.45) is 0.0261. The van der Waals surface area contributed by atoms with Crippen molar-refractivity contribution in [1.82, 2.24) is 5.32 Å². The first-order valence-electron chi connectivity index (χ1n) is 5.87. The highest BCUT2D eigenvalue weighted by Gasteiger charge is 2.20. The molecule has 2 unspecified atom stereocenters. The van der Waals surface area contributed by atoms with Gasteiger partial charge < -0.3 is 10.4 Å². The minimum absolute atomic E-state index is 0.0261. The zero-order valence-corrected chi connectivity index (χ0v) is 12.0. The molecule has 0 spiro atoms. The Balaban J connectivity index is 4.10. The van der Waals surface area contributed by atoms with E-state index in [4.69, 9.17) is 5.11 Å². The van der Waals surface area contributed by atoms with Crippen molar-refractivity contribution in [3.8, 4) is 0 Å². The van der Waals surface area contributed by atoms with Gasteiger partial charge in [0.25, 0.3) is 0 Å². The van der Waals surface area contributed by atoms with Gasteiger partial charge in [0, 0.05) is 5.25 Å². The van der Waals surface area contributed by atoms with Crippen molar-refractivity contribution in [3.63, 3.8) is 0 Å². The molecule has 6 heteroatoms. The third-order valence-corrected chi connectivity index (χ3v) is 3.55. The molecule has 0 aliphatic carbocycles. The van der Waals surface area contributed by atoms with Crippen LogP contribution >= 0.6 is 11.8 Å². The first kappa shape index (κ1) is 17.0. The smallest absolute Gasteiger partial charge is 0.304 e. The molecule has 0 fully saturated rings. The summed E-state index contributed by atoms with van der Waals surface area (Å²) in [6, 6.07) is -0.465. The van der Waals surface area contributed by atoms with Crippen LogP contribution in [0.3, 0.4) is 0 Å². The van der Waals surface area contributed by atoms with E-state index in [1.165, 1.54) is 18.7 Å². The maximum Gasteiger partial charge on any atom is 0.304 e. The van der Waals surface area contributed by atoms with Gasteiger partial charge in [-0.25, -0.2) is 0 Å². The van der Waals surface area contributed by atoms with Crippen molar-refractivity contribution in [1.29, 1.82) is 0 Å². The van der Waals surface area contributed by atoms with Gasteiger partial charge in [0.05, 0.1) is 18.2 Å². The average Bonchev–Trinajstić information content (AvgIpc) is 2.21. The van der Waals surface area contributed by atoms with Crippen molar-refractivity contribution in [2.24, 2.45) is 5.92 Å². The summed E-state index contributed by atoms with van der Waals surface area (Å²) >= 11 is 1.27. The number of hydrogen-bond acceptors (Lipinski definition) is 4. The highest BCUT2D eigenvalue weighted by molar-refractivity contribution is 8.00. The molecule has 5 nitrogen and oxygen atoms in total. The van der Waals surface area contributed by atoms with Crippen LogP contribution in [-0.4, -0.2) is 39.8 Å². The summed E-state index contributed by atoms with van der Waals surface area (Å²) in [6.45, 7) is 6.95. The van der Waals surface area contributed by atoms with Gasteiger partial charge in [-0.05, 0) is 12.8 Å². The fraction of sp³-hybridized carbons (Fsp3) is 0.750. The summed E-state index contributed by atoms with van der Waals surface area (Å²) in [4.78, 5) is 33.4. The van der Waals surface area contributed by atoms with Gasteiger partial charge >= 0.3 is 5.97 Å². The summed E-state index contributed by atoms with van der Waals surface area (Å²) in [7, 11) is 0. The molecular formula is C12H21NO4S. The topological polar surface area (TPSA) is 83.5 Å². The fourth-order valence-electron chi connectivity index (χ4n) is 1.48. The van der Waals surface area contributed by atoms with E-state index in [1.54, 1.807) is 6.92 Å². The quantitative estimate of drug-likeness (QED) is 0.698. The molecule has 18 heavy (non-hydrogen) atoms. The molecule has 0 aliphatic rings. The molecule has 0 aromatic carbocycles. The molecule has 0 saturated heterocycles. The Hall–Kier alpha value is -1.04. The van der Waals surface area contributed by atoms with E-state index in [0.717, 1.165) is 0 Å². The molecule has 104 valence electrons. The summed E-state index contributed by atoms with van der Waals surface area (Å²) < 4.78 is 0. The van der Waals surface area contributed by atoms with Crippen LogP contribution in [-0.2, 0) is 14.4 Å². The Morgan fingerprint density at radius 2 is 1.78 bits per heavy atom. The number of amides is 1. The van der Waals surface area contributed by atoms with Gasteiger partial charge in [-0.2, -0.15) is 0 Å². The van der Waals surface area contributed by atoms with E-state index in [2.05, 4.69) is 5.32 Å². The number of thioether (sulfide) groups is 1. The molecule has 0 bridgehead atoms. The number of carbonyl (C=O) groups excluding carboxylic acids is 2. The third-order valence-electron chi connectivity index (χ3n) is 2.38. The Labute approximate surface area is 112 Å². The Bertz CT molecular complexity index is 317. The Kier molecular flexibility index (Phi) is 7.66. The predicted molar refractivity (Wildman–Crippen MR) is 71.6 cm³/mol. The molecule has 0 saturated carbocycles. The highest BCUT2D eigenvalue weighted by Crippen LogP contribution is 2.14. The number of aliphatic carboxylic acids is 1. The molecule has 2 N–H and O–H groups in total. The number of carboxylic acids is 1. The van der Waals surface area contributed by atoms with Crippen LogP contribution in [0, 0.1) is 5.92 Å². The van der Waals surface area contributed by atoms with Crippen LogP contribution in [0.5, 0.6) is 0 Å². The summed E-state index contributed by atoms with van der Waals surface area (Å²) in [5.74, 6) is -0.953. The number of hydrogen-bond donors (Lipinski definition) is 2. The average molecular weight is 275 g/mol. The standard InChI is InChI=1S/C12H21NO4S/c1-7(2)12(9(4)14)13-10(15)6-18-8(3)5-11(16)17/h7-8,12H,5-6H2,1-4H3,(H,13,15)(H,16,17). The van der Waals surface area contributed by atoms with E-state index in [1.807, 2.05) is 13.8 Å². The molecule has 0 aliphatic heterocycles. The number of Topliss-reactive ketones (excluding diaryl/α,β-unsaturated/α-hetero) is 1. The van der Waals surface area contributed by atoms with E-state index in [-0.39, 0.29) is 35.0 Å². The second kappa shape index (κ2) is 8.13. The van der Waals surface area contributed by atoms with E-state index < -0.39 is 12.0 Å². The second-order valence-electron chi connectivity index (χ2n) is 4.62. The van der Waals surface area contributed by atoms with Crippen molar-refractivity contribution < 1.29 is 19.5 Å². The van der Waals surface area contributed by atoms with E-state index in [0.29, 0.717) is 0 Å². The molecule has 0 heterocycles. The number of carbonyl (C=O) groups is 3. The number of carboxylic acid groups (broad SMARTS) is 1. The van der Waals surface area contributed by atoms with Gasteiger partial charge in [0.1, 0.15) is 0 Å². The zero-order chi connectivity index (χ0) is 14.3. The lowest BCUT2D eigenvalue weighted by atomic mass is 10.0. The van der Waals surface area contributed by atoms with Gasteiger partial charge in [-0.3, -0.25) is 14.4 Å². The van der Waals surface area contributed by atoms with E-state index >= 15 is 0 Å². The maximum atomic E-state index is 11.6. The lowest BCUT2D eigenvalue weighted by Crippen LogP contribution is -2.44. The fourth-order valence-corrected chi connectivity index (χ4v) is 2.26. The van der Waals surface area contributed by atoms with Crippen molar-refractivity contribution in [3.05, 3.63) is 0 Å². The predicted octanol–water partition coefficient (Wildman–Crippen LogP) is 1.31. The van der Waals surface area contributed by atoms with Crippen molar-refractivity contribution >= 4 is 29.4 Å². The van der Waals surface area contributed by atoms with Crippen LogP contribution in [0.4, 0.5) is 0 Å². The zero-order valence-electron chi connectivity index (χ0n) is 11.2.